The van der Waals surface area contributed by atoms with Gasteiger partial charge in [0, 0.05) is 6.54 Å². The number of hydrogen-bond acceptors (Lipinski definition) is 3. The van der Waals surface area contributed by atoms with E-state index in [0.29, 0.717) is 5.69 Å². The van der Waals surface area contributed by atoms with Gasteiger partial charge in [-0.3, -0.25) is 0 Å². The van der Waals surface area contributed by atoms with Crippen LogP contribution in [0.5, 0.6) is 0 Å². The summed E-state index contributed by atoms with van der Waals surface area (Å²) in [5, 5.41) is 0.393. The number of halogens is 3. The molecule has 17 heavy (non-hydrogen) atoms. The summed E-state index contributed by atoms with van der Waals surface area (Å²) in [6.45, 7) is -0.466. The van der Waals surface area contributed by atoms with E-state index in [2.05, 4.69) is 4.72 Å². The summed E-state index contributed by atoms with van der Waals surface area (Å²) in [5.41, 5.74) is 0.371. The highest BCUT2D eigenvalue weighted by Gasteiger charge is 2.28. The summed E-state index contributed by atoms with van der Waals surface area (Å²) in [6.07, 6.45) is 0. The third kappa shape index (κ3) is 2.35. The molecular formula is C9H9Cl2FN2O2S. The number of hydrogen-bond donors (Lipinski definition) is 1. The summed E-state index contributed by atoms with van der Waals surface area (Å²) < 4.78 is 38.2. The predicted octanol–water partition coefficient (Wildman–Crippen LogP) is 2.02. The number of fused-ring (bicyclic) bond motifs is 1. The molecule has 0 spiro atoms. The maximum atomic E-state index is 12.4. The summed E-state index contributed by atoms with van der Waals surface area (Å²) >= 11 is 11.6. The second-order valence-corrected chi connectivity index (χ2v) is 6.04. The zero-order valence-electron chi connectivity index (χ0n) is 8.58. The average Bonchev–Trinajstić information content (AvgIpc) is 2.26. The third-order valence-corrected chi connectivity index (χ3v) is 4.57. The SMILES string of the molecule is O=S1(=O)NCN(CCF)c2cc(Cl)c(Cl)cc21. The fourth-order valence-corrected chi connectivity index (χ4v) is 3.21. The van der Waals surface area contributed by atoms with Crippen molar-refractivity contribution in [3.63, 3.8) is 0 Å². The van der Waals surface area contributed by atoms with E-state index < -0.39 is 16.7 Å². The molecule has 0 saturated carbocycles. The Balaban J connectivity index is 2.60. The first kappa shape index (κ1) is 12.9. The molecule has 1 heterocycles. The highest BCUT2D eigenvalue weighted by atomic mass is 35.5. The summed E-state index contributed by atoms with van der Waals surface area (Å²) in [7, 11) is -3.59. The molecule has 2 rings (SSSR count). The van der Waals surface area contributed by atoms with Gasteiger partial charge in [-0.05, 0) is 12.1 Å². The molecule has 0 saturated heterocycles. The van der Waals surface area contributed by atoms with Gasteiger partial charge < -0.3 is 4.90 Å². The lowest BCUT2D eigenvalue weighted by Gasteiger charge is -2.30. The number of alkyl halides is 1. The standard InChI is InChI=1S/C9H9Cl2FN2O2S/c10-6-3-8-9(4-7(6)11)17(15,16)13-5-14(8)2-1-12/h3-4,13H,1-2,5H2. The Labute approximate surface area is 108 Å². The van der Waals surface area contributed by atoms with Crippen LogP contribution in [0.2, 0.25) is 10.0 Å². The molecule has 0 unspecified atom stereocenters. The molecule has 1 aromatic rings. The highest BCUT2D eigenvalue weighted by molar-refractivity contribution is 7.89. The normalized spacial score (nSPS) is 17.9. The minimum Gasteiger partial charge on any atom is -0.354 e. The van der Waals surface area contributed by atoms with Gasteiger partial charge in [0.2, 0.25) is 10.0 Å². The van der Waals surface area contributed by atoms with E-state index >= 15 is 0 Å². The minimum absolute atomic E-state index is 0.0200. The Morgan fingerprint density at radius 2 is 2.00 bits per heavy atom. The maximum Gasteiger partial charge on any atom is 0.244 e. The molecule has 8 heteroatoms. The first-order valence-electron chi connectivity index (χ1n) is 4.75. The molecule has 0 aliphatic carbocycles. The van der Waals surface area contributed by atoms with Gasteiger partial charge in [0.05, 0.1) is 22.4 Å². The van der Waals surface area contributed by atoms with E-state index in [-0.39, 0.29) is 28.2 Å². The van der Waals surface area contributed by atoms with Crippen LogP contribution >= 0.6 is 23.2 Å². The number of benzene rings is 1. The molecule has 1 N–H and O–H groups in total. The van der Waals surface area contributed by atoms with Gasteiger partial charge in [0.1, 0.15) is 11.6 Å². The van der Waals surface area contributed by atoms with Crippen LogP contribution in [-0.4, -0.2) is 28.3 Å². The molecule has 0 aromatic heterocycles. The Bertz CT molecular complexity index is 550. The van der Waals surface area contributed by atoms with Crippen molar-refractivity contribution in [1.82, 2.24) is 4.72 Å². The van der Waals surface area contributed by atoms with E-state index in [0.717, 1.165) is 0 Å². The second kappa shape index (κ2) is 4.61. The van der Waals surface area contributed by atoms with E-state index in [4.69, 9.17) is 23.2 Å². The van der Waals surface area contributed by atoms with E-state index in [1.807, 2.05) is 0 Å². The van der Waals surface area contributed by atoms with E-state index in [9.17, 15) is 12.8 Å². The lowest BCUT2D eigenvalue weighted by Crippen LogP contribution is -2.44. The van der Waals surface area contributed by atoms with Crippen molar-refractivity contribution in [1.29, 1.82) is 0 Å². The molecule has 94 valence electrons. The van der Waals surface area contributed by atoms with Gasteiger partial charge in [-0.1, -0.05) is 23.2 Å². The van der Waals surface area contributed by atoms with Crippen molar-refractivity contribution in [2.45, 2.75) is 4.90 Å². The zero-order valence-corrected chi connectivity index (χ0v) is 10.9. The van der Waals surface area contributed by atoms with Gasteiger partial charge in [0.15, 0.2) is 0 Å². The summed E-state index contributed by atoms with van der Waals surface area (Å²) in [6, 6.07) is 2.71. The highest BCUT2D eigenvalue weighted by Crippen LogP contribution is 2.35. The maximum absolute atomic E-state index is 12.4. The third-order valence-electron chi connectivity index (χ3n) is 2.43. The fraction of sp³-hybridized carbons (Fsp3) is 0.333. The molecule has 0 bridgehead atoms. The Morgan fingerprint density at radius 3 is 2.65 bits per heavy atom. The molecule has 0 amide bonds. The molecule has 4 nitrogen and oxygen atoms in total. The second-order valence-electron chi connectivity index (χ2n) is 3.49. The molecule has 0 radical (unpaired) electrons. The zero-order chi connectivity index (χ0) is 12.6. The lowest BCUT2D eigenvalue weighted by atomic mass is 10.3. The van der Waals surface area contributed by atoms with Crippen molar-refractivity contribution >= 4 is 38.9 Å². The van der Waals surface area contributed by atoms with Crippen LogP contribution in [0.3, 0.4) is 0 Å². The largest absolute Gasteiger partial charge is 0.354 e. The monoisotopic (exact) mass is 298 g/mol. The topological polar surface area (TPSA) is 49.4 Å². The number of sulfonamides is 1. The number of nitrogens with one attached hydrogen (secondary N) is 1. The van der Waals surface area contributed by atoms with Gasteiger partial charge in [0.25, 0.3) is 0 Å². The fourth-order valence-electron chi connectivity index (χ4n) is 1.61. The summed E-state index contributed by atoms with van der Waals surface area (Å²) in [4.78, 5) is 1.57. The van der Waals surface area contributed by atoms with Crippen molar-refractivity contribution in [2.75, 3.05) is 24.8 Å². The van der Waals surface area contributed by atoms with Crippen molar-refractivity contribution in [3.8, 4) is 0 Å². The lowest BCUT2D eigenvalue weighted by molar-refractivity contribution is 0.483. The van der Waals surface area contributed by atoms with Crippen LogP contribution in [0.15, 0.2) is 17.0 Å². The first-order valence-corrected chi connectivity index (χ1v) is 6.99. The average molecular weight is 299 g/mol. The van der Waals surface area contributed by atoms with Crippen molar-refractivity contribution in [3.05, 3.63) is 22.2 Å². The van der Waals surface area contributed by atoms with Crippen LogP contribution in [-0.2, 0) is 10.0 Å². The van der Waals surface area contributed by atoms with Gasteiger partial charge in [-0.25, -0.2) is 12.8 Å². The van der Waals surface area contributed by atoms with E-state index in [1.165, 1.54) is 12.1 Å². The smallest absolute Gasteiger partial charge is 0.244 e. The summed E-state index contributed by atoms with van der Waals surface area (Å²) in [5.74, 6) is 0. The first-order chi connectivity index (χ1) is 7.95. The number of anilines is 1. The van der Waals surface area contributed by atoms with Crippen molar-refractivity contribution in [2.24, 2.45) is 0 Å². The molecule has 1 aromatic carbocycles. The van der Waals surface area contributed by atoms with E-state index in [1.54, 1.807) is 4.90 Å². The predicted molar refractivity (Wildman–Crippen MR) is 65.0 cm³/mol. The van der Waals surface area contributed by atoms with Crippen LogP contribution < -0.4 is 9.62 Å². The van der Waals surface area contributed by atoms with Crippen LogP contribution in [0.4, 0.5) is 10.1 Å². The van der Waals surface area contributed by atoms with Crippen LogP contribution in [0.25, 0.3) is 0 Å². The Kier molecular flexibility index (Phi) is 3.49. The van der Waals surface area contributed by atoms with Gasteiger partial charge >= 0.3 is 0 Å². The molecule has 1 aliphatic heterocycles. The van der Waals surface area contributed by atoms with Gasteiger partial charge in [-0.2, -0.15) is 4.72 Å². The Morgan fingerprint density at radius 1 is 1.35 bits per heavy atom. The quantitative estimate of drug-likeness (QED) is 0.909. The molecular weight excluding hydrogens is 290 g/mol. The van der Waals surface area contributed by atoms with Crippen molar-refractivity contribution < 1.29 is 12.8 Å². The molecule has 0 fully saturated rings. The Hall–Kier alpha value is -0.560. The minimum atomic E-state index is -3.59. The number of nitrogens with zero attached hydrogens (tertiary/aromatic N) is 1. The molecule has 0 atom stereocenters. The van der Waals surface area contributed by atoms with Crippen LogP contribution in [0, 0.1) is 0 Å². The van der Waals surface area contributed by atoms with Gasteiger partial charge in [-0.15, -0.1) is 0 Å². The number of rotatable bonds is 2. The van der Waals surface area contributed by atoms with Crippen LogP contribution in [0.1, 0.15) is 0 Å². The molecule has 1 aliphatic rings.